The predicted molar refractivity (Wildman–Crippen MR) is 135 cm³/mol. The van der Waals surface area contributed by atoms with E-state index in [0.717, 1.165) is 78.0 Å². The summed E-state index contributed by atoms with van der Waals surface area (Å²) < 4.78 is 2.32. The molecule has 0 unspecified atom stereocenters. The number of hydrogen-bond acceptors (Lipinski definition) is 3. The summed E-state index contributed by atoms with van der Waals surface area (Å²) in [7, 11) is 0. The quantitative estimate of drug-likeness (QED) is 0.290. The van der Waals surface area contributed by atoms with Crippen molar-refractivity contribution in [1.82, 2.24) is 9.55 Å². The summed E-state index contributed by atoms with van der Waals surface area (Å²) in [5, 5.41) is 13.0. The van der Waals surface area contributed by atoms with Gasteiger partial charge in [0.25, 0.3) is 0 Å². The van der Waals surface area contributed by atoms with Gasteiger partial charge in [-0.15, -0.1) is 0 Å². The number of carboxylic acid groups (broad SMARTS) is 1. The van der Waals surface area contributed by atoms with Crippen molar-refractivity contribution < 1.29 is 9.90 Å². The Hall–Kier alpha value is -3.60. The first kappa shape index (κ1) is 22.6. The Balaban J connectivity index is 1.66. The average molecular weight is 442 g/mol. The lowest BCUT2D eigenvalue weighted by atomic mass is 9.99. The summed E-state index contributed by atoms with van der Waals surface area (Å²) >= 11 is 0. The number of unbranched alkanes of at least 4 members (excludes halogenated alkanes) is 1. The van der Waals surface area contributed by atoms with Crippen LogP contribution in [0.3, 0.4) is 0 Å². The SMILES string of the molecule is CCCCc1nc2ccc(NCCC)cc2n1Cc1ccc(-c2ccccc2C(=O)O)cc1. The number of nitrogens with one attached hydrogen (secondary N) is 1. The van der Waals surface area contributed by atoms with Crippen LogP contribution >= 0.6 is 0 Å². The van der Waals surface area contributed by atoms with E-state index in [1.807, 2.05) is 24.3 Å². The van der Waals surface area contributed by atoms with E-state index in [2.05, 4.69) is 54.1 Å². The molecular formula is C28H31N3O2. The molecule has 0 bridgehead atoms. The fourth-order valence-corrected chi connectivity index (χ4v) is 4.15. The Morgan fingerprint density at radius 3 is 2.52 bits per heavy atom. The smallest absolute Gasteiger partial charge is 0.336 e. The van der Waals surface area contributed by atoms with Crippen LogP contribution in [-0.2, 0) is 13.0 Å². The summed E-state index contributed by atoms with van der Waals surface area (Å²) in [5.74, 6) is 0.201. The summed E-state index contributed by atoms with van der Waals surface area (Å²) in [5.41, 5.74) is 6.41. The van der Waals surface area contributed by atoms with Gasteiger partial charge in [-0.25, -0.2) is 9.78 Å². The van der Waals surface area contributed by atoms with Gasteiger partial charge in [0.05, 0.1) is 16.6 Å². The van der Waals surface area contributed by atoms with Crippen molar-refractivity contribution in [2.24, 2.45) is 0 Å². The molecule has 2 N–H and O–H groups in total. The molecule has 170 valence electrons. The first-order chi connectivity index (χ1) is 16.1. The molecule has 0 amide bonds. The number of aromatic carboxylic acids is 1. The fraction of sp³-hybridized carbons (Fsp3) is 0.286. The Labute approximate surface area is 195 Å². The highest BCUT2D eigenvalue weighted by Gasteiger charge is 2.13. The first-order valence-corrected chi connectivity index (χ1v) is 11.8. The molecule has 0 saturated heterocycles. The lowest BCUT2D eigenvalue weighted by Gasteiger charge is -2.12. The van der Waals surface area contributed by atoms with Gasteiger partial charge in [0.15, 0.2) is 0 Å². The third-order valence-electron chi connectivity index (χ3n) is 5.92. The molecule has 33 heavy (non-hydrogen) atoms. The normalized spacial score (nSPS) is 11.1. The van der Waals surface area contributed by atoms with E-state index in [-0.39, 0.29) is 0 Å². The Morgan fingerprint density at radius 1 is 1.00 bits per heavy atom. The van der Waals surface area contributed by atoms with Gasteiger partial charge in [0, 0.05) is 25.2 Å². The van der Waals surface area contributed by atoms with Crippen molar-refractivity contribution in [2.75, 3.05) is 11.9 Å². The van der Waals surface area contributed by atoms with Crippen LogP contribution in [0.1, 0.15) is 54.9 Å². The molecule has 0 aliphatic heterocycles. The highest BCUT2D eigenvalue weighted by atomic mass is 16.4. The first-order valence-electron chi connectivity index (χ1n) is 11.8. The van der Waals surface area contributed by atoms with Crippen LogP contribution < -0.4 is 5.32 Å². The van der Waals surface area contributed by atoms with E-state index in [1.54, 1.807) is 12.1 Å². The molecule has 0 atom stereocenters. The number of carboxylic acids is 1. The van der Waals surface area contributed by atoms with Crippen molar-refractivity contribution in [3.8, 4) is 11.1 Å². The summed E-state index contributed by atoms with van der Waals surface area (Å²) in [4.78, 5) is 16.5. The average Bonchev–Trinajstić information content (AvgIpc) is 3.18. The molecule has 1 heterocycles. The zero-order valence-corrected chi connectivity index (χ0v) is 19.3. The molecule has 0 fully saturated rings. The summed E-state index contributed by atoms with van der Waals surface area (Å²) in [6.45, 7) is 6.04. The van der Waals surface area contributed by atoms with E-state index in [1.165, 1.54) is 0 Å². The number of aromatic nitrogens is 2. The van der Waals surface area contributed by atoms with Crippen LogP contribution in [-0.4, -0.2) is 27.2 Å². The van der Waals surface area contributed by atoms with Gasteiger partial charge >= 0.3 is 5.97 Å². The molecule has 0 aliphatic carbocycles. The second-order valence-corrected chi connectivity index (χ2v) is 8.40. The van der Waals surface area contributed by atoms with Gasteiger partial charge < -0.3 is 15.0 Å². The van der Waals surface area contributed by atoms with Crippen molar-refractivity contribution in [3.05, 3.63) is 83.7 Å². The van der Waals surface area contributed by atoms with Crippen LogP contribution in [0.15, 0.2) is 66.7 Å². The van der Waals surface area contributed by atoms with Crippen molar-refractivity contribution in [1.29, 1.82) is 0 Å². The molecular weight excluding hydrogens is 410 g/mol. The van der Waals surface area contributed by atoms with Crippen molar-refractivity contribution in [2.45, 2.75) is 46.1 Å². The highest BCUT2D eigenvalue weighted by molar-refractivity contribution is 5.96. The second kappa shape index (κ2) is 10.3. The molecule has 1 aromatic heterocycles. The third-order valence-corrected chi connectivity index (χ3v) is 5.92. The summed E-state index contributed by atoms with van der Waals surface area (Å²) in [6, 6.07) is 21.7. The monoisotopic (exact) mass is 441 g/mol. The number of benzene rings is 3. The minimum atomic E-state index is -0.910. The number of imidazole rings is 1. The van der Waals surface area contributed by atoms with Crippen molar-refractivity contribution >= 4 is 22.7 Å². The number of hydrogen-bond donors (Lipinski definition) is 2. The number of anilines is 1. The fourth-order valence-electron chi connectivity index (χ4n) is 4.15. The van der Waals surface area contributed by atoms with Crippen LogP contribution in [0.25, 0.3) is 22.2 Å². The molecule has 0 radical (unpaired) electrons. The molecule has 0 spiro atoms. The third kappa shape index (κ3) is 5.08. The van der Waals surface area contributed by atoms with Gasteiger partial charge in [-0.3, -0.25) is 0 Å². The lowest BCUT2D eigenvalue weighted by molar-refractivity contribution is 0.0697. The maximum absolute atomic E-state index is 11.6. The van der Waals surface area contributed by atoms with E-state index in [4.69, 9.17) is 4.98 Å². The van der Waals surface area contributed by atoms with Gasteiger partial charge in [-0.2, -0.15) is 0 Å². The van der Waals surface area contributed by atoms with Crippen molar-refractivity contribution in [3.63, 3.8) is 0 Å². The largest absolute Gasteiger partial charge is 0.478 e. The Kier molecular flexibility index (Phi) is 7.08. The van der Waals surface area contributed by atoms with Gasteiger partial charge in [0.1, 0.15) is 5.82 Å². The van der Waals surface area contributed by atoms with Crippen LogP contribution in [0.5, 0.6) is 0 Å². The molecule has 0 aliphatic rings. The molecule has 4 aromatic rings. The lowest BCUT2D eigenvalue weighted by Crippen LogP contribution is -2.06. The summed E-state index contributed by atoms with van der Waals surface area (Å²) in [6.07, 6.45) is 4.27. The number of rotatable bonds is 10. The zero-order valence-electron chi connectivity index (χ0n) is 19.3. The Morgan fingerprint density at radius 2 is 1.79 bits per heavy atom. The number of nitrogens with zero attached hydrogens (tertiary/aromatic N) is 2. The maximum Gasteiger partial charge on any atom is 0.336 e. The molecule has 3 aromatic carbocycles. The standard InChI is InChI=1S/C28H31N3O2/c1-3-5-10-27-30-25-16-15-22(29-17-4-2)18-26(25)31(27)19-20-11-13-21(14-12-20)23-8-6-7-9-24(23)28(32)33/h6-9,11-16,18,29H,3-5,10,17,19H2,1-2H3,(H,32,33). The van der Waals surface area contributed by atoms with Gasteiger partial charge in [-0.1, -0.05) is 62.7 Å². The van der Waals surface area contributed by atoms with Crippen LogP contribution in [0.4, 0.5) is 5.69 Å². The topological polar surface area (TPSA) is 67.2 Å². The minimum Gasteiger partial charge on any atom is -0.478 e. The minimum absolute atomic E-state index is 0.319. The number of fused-ring (bicyclic) bond motifs is 1. The number of aryl methyl sites for hydroxylation is 1. The molecule has 0 saturated carbocycles. The second-order valence-electron chi connectivity index (χ2n) is 8.40. The van der Waals surface area contributed by atoms with E-state index < -0.39 is 5.97 Å². The molecule has 4 rings (SSSR count). The van der Waals surface area contributed by atoms with Gasteiger partial charge in [-0.05, 0) is 53.8 Å². The van der Waals surface area contributed by atoms with E-state index in [9.17, 15) is 9.90 Å². The molecule has 5 nitrogen and oxygen atoms in total. The van der Waals surface area contributed by atoms with Crippen LogP contribution in [0, 0.1) is 0 Å². The maximum atomic E-state index is 11.6. The van der Waals surface area contributed by atoms with Gasteiger partial charge in [0.2, 0.25) is 0 Å². The zero-order chi connectivity index (χ0) is 23.2. The predicted octanol–water partition coefficient (Wildman–Crippen LogP) is 6.61. The van der Waals surface area contributed by atoms with E-state index in [0.29, 0.717) is 5.56 Å². The Bertz CT molecular complexity index is 1240. The van der Waals surface area contributed by atoms with E-state index >= 15 is 0 Å². The molecule has 5 heteroatoms. The highest BCUT2D eigenvalue weighted by Crippen LogP contribution is 2.26. The van der Waals surface area contributed by atoms with Crippen LogP contribution in [0.2, 0.25) is 0 Å². The number of carbonyl (C=O) groups is 1.